The minimum Gasteiger partial charge on any atom is -0.228 e. The van der Waals surface area contributed by atoms with E-state index in [1.807, 2.05) is 27.7 Å². The van der Waals surface area contributed by atoms with Gasteiger partial charge in [-0.15, -0.1) is 0 Å². The van der Waals surface area contributed by atoms with E-state index in [0.717, 1.165) is 25.7 Å². The first-order chi connectivity index (χ1) is 10.5. The Labute approximate surface area is 143 Å². The molecule has 1 fully saturated rings. The Hall–Kier alpha value is -0.160. The molecule has 138 valence electrons. The van der Waals surface area contributed by atoms with Gasteiger partial charge in [-0.05, 0) is 58.3 Å². The van der Waals surface area contributed by atoms with E-state index in [1.54, 1.807) is 0 Å². The zero-order valence-electron chi connectivity index (χ0n) is 16.7. The van der Waals surface area contributed by atoms with E-state index in [-0.39, 0.29) is 11.2 Å². The predicted octanol–water partition coefficient (Wildman–Crippen LogP) is 5.66. The molecule has 0 heterocycles. The van der Waals surface area contributed by atoms with Crippen LogP contribution in [0, 0.1) is 17.8 Å². The normalized spacial score (nSPS) is 28.8. The van der Waals surface area contributed by atoms with Gasteiger partial charge in [0.2, 0.25) is 5.79 Å². The van der Waals surface area contributed by atoms with Gasteiger partial charge in [-0.3, -0.25) is 0 Å². The van der Waals surface area contributed by atoms with Crippen LogP contribution in [0.4, 0.5) is 0 Å². The van der Waals surface area contributed by atoms with Gasteiger partial charge in [-0.2, -0.15) is 9.78 Å². The monoisotopic (exact) mass is 330 g/mol. The molecule has 0 aromatic heterocycles. The van der Waals surface area contributed by atoms with Crippen LogP contribution in [0.25, 0.3) is 0 Å². The Morgan fingerprint density at radius 3 is 1.43 bits per heavy atom. The minimum absolute atomic E-state index is 0.341. The molecule has 4 nitrogen and oxygen atoms in total. The summed E-state index contributed by atoms with van der Waals surface area (Å²) in [5.74, 6) is 0.777. The molecule has 23 heavy (non-hydrogen) atoms. The molecule has 0 N–H and O–H groups in total. The molecule has 1 saturated carbocycles. The summed E-state index contributed by atoms with van der Waals surface area (Å²) in [5, 5.41) is 0. The lowest BCUT2D eigenvalue weighted by molar-refractivity contribution is -0.552. The average Bonchev–Trinajstić information content (AvgIpc) is 2.49. The molecule has 0 aromatic rings. The van der Waals surface area contributed by atoms with Crippen LogP contribution in [0.3, 0.4) is 0 Å². The first-order valence-electron chi connectivity index (χ1n) is 9.19. The topological polar surface area (TPSA) is 36.9 Å². The van der Waals surface area contributed by atoms with Crippen molar-refractivity contribution in [2.24, 2.45) is 17.8 Å². The van der Waals surface area contributed by atoms with Crippen molar-refractivity contribution >= 4 is 0 Å². The summed E-state index contributed by atoms with van der Waals surface area (Å²) in [6, 6.07) is 0. The standard InChI is InChI=1S/C19H38O4/c1-10-17(6,7)20-22-19(23-21-18(8,9)11-2)12-14(3)16(5)15(4)13-19/h14-16H,10-13H2,1-9H3. The largest absolute Gasteiger partial charge is 0.234 e. The maximum atomic E-state index is 5.91. The molecule has 1 aliphatic rings. The van der Waals surface area contributed by atoms with Crippen molar-refractivity contribution < 1.29 is 19.6 Å². The lowest BCUT2D eigenvalue weighted by Crippen LogP contribution is -2.48. The Kier molecular flexibility index (Phi) is 7.10. The second kappa shape index (κ2) is 7.81. The quantitative estimate of drug-likeness (QED) is 0.327. The summed E-state index contributed by atoms with van der Waals surface area (Å²) < 4.78 is 0. The molecule has 0 aromatic carbocycles. The van der Waals surface area contributed by atoms with Gasteiger partial charge in [0.25, 0.3) is 0 Å². The van der Waals surface area contributed by atoms with Gasteiger partial charge in [0.15, 0.2) is 0 Å². The fourth-order valence-electron chi connectivity index (χ4n) is 2.64. The lowest BCUT2D eigenvalue weighted by atomic mass is 9.72. The van der Waals surface area contributed by atoms with Crippen LogP contribution in [-0.2, 0) is 19.6 Å². The third-order valence-electron chi connectivity index (χ3n) is 5.60. The molecule has 2 unspecified atom stereocenters. The van der Waals surface area contributed by atoms with Gasteiger partial charge in [0.05, 0.1) is 11.2 Å². The minimum atomic E-state index is -0.829. The first-order valence-corrected chi connectivity index (χ1v) is 9.19. The van der Waals surface area contributed by atoms with E-state index < -0.39 is 5.79 Å². The van der Waals surface area contributed by atoms with Gasteiger partial charge < -0.3 is 0 Å². The van der Waals surface area contributed by atoms with E-state index in [2.05, 4.69) is 34.6 Å². The Balaban J connectivity index is 2.87. The van der Waals surface area contributed by atoms with E-state index in [9.17, 15) is 0 Å². The SMILES string of the molecule is CCC(C)(C)OOC1(OOC(C)(C)CC)CC(C)C(C)C(C)C1. The van der Waals surface area contributed by atoms with Crippen molar-refractivity contribution in [1.29, 1.82) is 0 Å². The van der Waals surface area contributed by atoms with Crippen LogP contribution in [0.5, 0.6) is 0 Å². The van der Waals surface area contributed by atoms with Gasteiger partial charge in [-0.25, -0.2) is 9.78 Å². The highest BCUT2D eigenvalue weighted by molar-refractivity contribution is 4.85. The highest BCUT2D eigenvalue weighted by atomic mass is 17.3. The van der Waals surface area contributed by atoms with Gasteiger partial charge >= 0.3 is 0 Å². The Morgan fingerprint density at radius 2 is 1.13 bits per heavy atom. The molecule has 0 radical (unpaired) electrons. The number of rotatable bonds is 8. The second-order valence-electron chi connectivity index (χ2n) is 8.69. The third kappa shape index (κ3) is 6.00. The third-order valence-corrected chi connectivity index (χ3v) is 5.60. The van der Waals surface area contributed by atoms with Crippen LogP contribution >= 0.6 is 0 Å². The molecule has 0 spiro atoms. The van der Waals surface area contributed by atoms with Crippen LogP contribution < -0.4 is 0 Å². The van der Waals surface area contributed by atoms with Crippen LogP contribution in [0.2, 0.25) is 0 Å². The highest BCUT2D eigenvalue weighted by Gasteiger charge is 2.47. The fourth-order valence-corrected chi connectivity index (χ4v) is 2.64. The molecule has 0 aliphatic heterocycles. The summed E-state index contributed by atoms with van der Waals surface area (Å²) in [6.07, 6.45) is 3.29. The van der Waals surface area contributed by atoms with Crippen molar-refractivity contribution in [3.05, 3.63) is 0 Å². The first kappa shape index (κ1) is 20.9. The molecule has 0 bridgehead atoms. The molecule has 1 aliphatic carbocycles. The number of hydrogen-bond acceptors (Lipinski definition) is 4. The van der Waals surface area contributed by atoms with Gasteiger partial charge in [0.1, 0.15) is 0 Å². The summed E-state index contributed by atoms with van der Waals surface area (Å²) in [7, 11) is 0. The van der Waals surface area contributed by atoms with Crippen LogP contribution in [0.1, 0.15) is 88.0 Å². The predicted molar refractivity (Wildman–Crippen MR) is 92.5 cm³/mol. The summed E-state index contributed by atoms with van der Waals surface area (Å²) in [4.78, 5) is 23.3. The molecular formula is C19H38O4. The van der Waals surface area contributed by atoms with Crippen molar-refractivity contribution in [3.8, 4) is 0 Å². The zero-order valence-corrected chi connectivity index (χ0v) is 16.7. The van der Waals surface area contributed by atoms with E-state index >= 15 is 0 Å². The van der Waals surface area contributed by atoms with Gasteiger partial charge in [-0.1, -0.05) is 34.6 Å². The summed E-state index contributed by atoms with van der Waals surface area (Å²) >= 11 is 0. The molecule has 0 saturated heterocycles. The van der Waals surface area contributed by atoms with Crippen LogP contribution in [0.15, 0.2) is 0 Å². The van der Waals surface area contributed by atoms with Crippen LogP contribution in [-0.4, -0.2) is 17.0 Å². The van der Waals surface area contributed by atoms with Crippen molar-refractivity contribution in [3.63, 3.8) is 0 Å². The molecule has 1 rings (SSSR count). The molecule has 2 atom stereocenters. The maximum absolute atomic E-state index is 5.91. The summed E-state index contributed by atoms with van der Waals surface area (Å²) in [5.41, 5.74) is -0.682. The smallest absolute Gasteiger partial charge is 0.228 e. The number of hydrogen-bond donors (Lipinski definition) is 0. The average molecular weight is 331 g/mol. The Bertz CT molecular complexity index is 330. The van der Waals surface area contributed by atoms with Crippen molar-refractivity contribution in [2.45, 2.75) is 105 Å². The Morgan fingerprint density at radius 1 is 0.783 bits per heavy atom. The molecular weight excluding hydrogens is 292 g/mol. The van der Waals surface area contributed by atoms with Gasteiger partial charge in [0, 0.05) is 12.8 Å². The van der Waals surface area contributed by atoms with E-state index in [0.29, 0.717) is 17.8 Å². The molecule has 0 amide bonds. The summed E-state index contributed by atoms with van der Waals surface area (Å²) in [6.45, 7) is 19.1. The molecule has 4 heteroatoms. The zero-order chi connectivity index (χ0) is 17.9. The second-order valence-corrected chi connectivity index (χ2v) is 8.69. The highest BCUT2D eigenvalue weighted by Crippen LogP contribution is 2.44. The fraction of sp³-hybridized carbons (Fsp3) is 1.00. The lowest BCUT2D eigenvalue weighted by Gasteiger charge is -2.45. The van der Waals surface area contributed by atoms with Crippen molar-refractivity contribution in [1.82, 2.24) is 0 Å². The van der Waals surface area contributed by atoms with E-state index in [1.165, 1.54) is 0 Å². The van der Waals surface area contributed by atoms with Crippen molar-refractivity contribution in [2.75, 3.05) is 0 Å². The van der Waals surface area contributed by atoms with E-state index in [4.69, 9.17) is 19.6 Å². The maximum Gasteiger partial charge on any atom is 0.234 e.